The van der Waals surface area contributed by atoms with Gasteiger partial charge in [0, 0.05) is 11.4 Å². The van der Waals surface area contributed by atoms with Crippen molar-refractivity contribution in [2.45, 2.75) is 31.6 Å². The lowest BCUT2D eigenvalue weighted by Crippen LogP contribution is -2.19. The van der Waals surface area contributed by atoms with E-state index in [1.807, 2.05) is 42.5 Å². The van der Waals surface area contributed by atoms with Crippen LogP contribution in [0.3, 0.4) is 0 Å². The zero-order valence-corrected chi connectivity index (χ0v) is 16.9. The molecule has 1 heterocycles. The van der Waals surface area contributed by atoms with Crippen LogP contribution in [-0.4, -0.2) is 31.1 Å². The minimum Gasteiger partial charge on any atom is -0.379 e. The highest BCUT2D eigenvalue weighted by Gasteiger charge is 2.29. The van der Waals surface area contributed by atoms with Gasteiger partial charge in [0.2, 0.25) is 6.41 Å². The molecule has 3 aromatic rings. The fraction of sp³-hybridized carbons (Fsp3) is 0.286. The van der Waals surface area contributed by atoms with Crippen LogP contribution in [0.5, 0.6) is 0 Å². The molecule has 2 N–H and O–H groups in total. The molecule has 1 amide bonds. The van der Waals surface area contributed by atoms with Crippen molar-refractivity contribution in [1.82, 2.24) is 10.2 Å². The second-order valence-electron chi connectivity index (χ2n) is 7.34. The minimum atomic E-state index is -2.52. The van der Waals surface area contributed by atoms with Gasteiger partial charge in [-0.3, -0.25) is 4.79 Å². The molecular formula is C21H22N4O3S. The molecule has 0 aliphatic heterocycles. The Morgan fingerprint density at radius 2 is 1.97 bits per heavy atom. The van der Waals surface area contributed by atoms with E-state index in [0.717, 1.165) is 27.8 Å². The summed E-state index contributed by atoms with van der Waals surface area (Å²) in [7, 11) is -2.52. The summed E-state index contributed by atoms with van der Waals surface area (Å²) < 4.78 is 22.5. The number of rotatable bonds is 8. The Balaban J connectivity index is 1.79. The Morgan fingerprint density at radius 3 is 2.69 bits per heavy atom. The molecule has 1 saturated carbocycles. The summed E-state index contributed by atoms with van der Waals surface area (Å²) in [6.07, 6.45) is 2.99. The zero-order chi connectivity index (χ0) is 20.4. The maximum Gasteiger partial charge on any atom is 0.212 e. The first-order chi connectivity index (χ1) is 14.1. The van der Waals surface area contributed by atoms with Crippen LogP contribution in [0.4, 0.5) is 11.5 Å². The lowest BCUT2D eigenvalue weighted by molar-refractivity contribution is -0.105. The summed E-state index contributed by atoms with van der Waals surface area (Å²) in [4.78, 5) is 11.0. The molecule has 150 valence electrons. The van der Waals surface area contributed by atoms with Crippen LogP contribution < -0.4 is 10.6 Å². The largest absolute Gasteiger partial charge is 0.379 e. The Hall–Kier alpha value is -3.00. The van der Waals surface area contributed by atoms with E-state index in [9.17, 15) is 13.2 Å². The van der Waals surface area contributed by atoms with Crippen LogP contribution in [0.15, 0.2) is 42.5 Å². The third kappa shape index (κ3) is 4.22. The van der Waals surface area contributed by atoms with Gasteiger partial charge in [0.25, 0.3) is 0 Å². The van der Waals surface area contributed by atoms with E-state index in [1.54, 1.807) is 0 Å². The Kier molecular flexibility index (Phi) is 5.44. The first-order valence-corrected chi connectivity index (χ1v) is 10.9. The van der Waals surface area contributed by atoms with Gasteiger partial charge in [-0.25, -0.2) is 8.42 Å². The van der Waals surface area contributed by atoms with Crippen LogP contribution >= 0.6 is 0 Å². The van der Waals surface area contributed by atoms with Gasteiger partial charge in [-0.05, 0) is 54.5 Å². The number of fused-ring (bicyclic) bond motifs is 1. The molecule has 1 aliphatic carbocycles. The minimum absolute atomic E-state index is 0.0108. The summed E-state index contributed by atoms with van der Waals surface area (Å²) in [6, 6.07) is 13.5. The van der Waals surface area contributed by atoms with E-state index < -0.39 is 10.7 Å². The smallest absolute Gasteiger partial charge is 0.212 e. The van der Waals surface area contributed by atoms with Crippen molar-refractivity contribution in [2.75, 3.05) is 10.6 Å². The Morgan fingerprint density at radius 1 is 1.17 bits per heavy atom. The number of nitrogens with zero attached hydrogens (tertiary/aromatic N) is 2. The number of nitrogens with one attached hydrogen (secondary N) is 2. The highest BCUT2D eigenvalue weighted by Crippen LogP contribution is 2.37. The molecule has 2 aromatic carbocycles. The molecule has 29 heavy (non-hydrogen) atoms. The number of thiol groups is 1. The molecule has 4 rings (SSSR count). The second kappa shape index (κ2) is 8.16. The highest BCUT2D eigenvalue weighted by atomic mass is 32.2. The topological polar surface area (TPSA) is 101 Å². The van der Waals surface area contributed by atoms with E-state index in [0.29, 0.717) is 23.7 Å². The predicted octanol–water partition coefficient (Wildman–Crippen LogP) is 3.19. The number of benzene rings is 2. The molecule has 1 aliphatic rings. The molecular weight excluding hydrogens is 388 g/mol. The fourth-order valence-corrected chi connectivity index (χ4v) is 4.15. The number of aromatic nitrogens is 2. The Bertz CT molecular complexity index is 1130. The summed E-state index contributed by atoms with van der Waals surface area (Å²) >= 11 is 0. The van der Waals surface area contributed by atoms with Gasteiger partial charge in [-0.1, -0.05) is 30.3 Å². The molecule has 7 nitrogen and oxygen atoms in total. The van der Waals surface area contributed by atoms with Gasteiger partial charge < -0.3 is 10.6 Å². The van der Waals surface area contributed by atoms with Crippen LogP contribution in [0.25, 0.3) is 22.0 Å². The molecule has 0 spiro atoms. The molecule has 0 unspecified atom stereocenters. The molecule has 0 saturated heterocycles. The molecule has 0 bridgehead atoms. The van der Waals surface area contributed by atoms with Crippen LogP contribution in [-0.2, 0) is 21.3 Å². The summed E-state index contributed by atoms with van der Waals surface area (Å²) in [6.45, 7) is 2.13. The van der Waals surface area contributed by atoms with E-state index in [2.05, 4.69) is 27.8 Å². The van der Waals surface area contributed by atoms with Gasteiger partial charge in [-0.2, -0.15) is 0 Å². The first-order valence-electron chi connectivity index (χ1n) is 9.54. The maximum atomic E-state index is 11.2. The number of carbonyl (C=O) groups excluding carboxylic acids is 1. The van der Waals surface area contributed by atoms with E-state index >= 15 is 0 Å². The van der Waals surface area contributed by atoms with Crippen molar-refractivity contribution in [1.29, 1.82) is 0 Å². The summed E-state index contributed by atoms with van der Waals surface area (Å²) in [5.74, 6) is 1.02. The van der Waals surface area contributed by atoms with Crippen molar-refractivity contribution in [3.63, 3.8) is 0 Å². The van der Waals surface area contributed by atoms with Crippen molar-refractivity contribution in [2.24, 2.45) is 5.92 Å². The molecule has 1 aromatic heterocycles. The quantitative estimate of drug-likeness (QED) is 0.389. The van der Waals surface area contributed by atoms with Crippen molar-refractivity contribution in [3.05, 3.63) is 48.0 Å². The molecule has 0 radical (unpaired) electrons. The number of hydrogen-bond donors (Lipinski definition) is 3. The average Bonchev–Trinajstić information content (AvgIpc) is 3.55. The SMILES string of the molecule is C[C@@H](Nc1c(NC=O)nnc2cc(-c3ccccc3C[SH](=O)=O)ccc12)C1CC1. The van der Waals surface area contributed by atoms with Gasteiger partial charge in [0.15, 0.2) is 5.82 Å². The van der Waals surface area contributed by atoms with Crippen molar-refractivity contribution >= 4 is 39.5 Å². The number of hydrogen-bond acceptors (Lipinski definition) is 6. The second-order valence-corrected chi connectivity index (χ2v) is 8.32. The lowest BCUT2D eigenvalue weighted by Gasteiger charge is -2.18. The van der Waals surface area contributed by atoms with Crippen molar-refractivity contribution in [3.8, 4) is 11.1 Å². The zero-order valence-electron chi connectivity index (χ0n) is 16.0. The van der Waals surface area contributed by atoms with Gasteiger partial charge in [0.05, 0.1) is 17.0 Å². The standard InChI is InChI=1S/C21H22N4O3S/c1-13(14-6-7-14)23-20-18-9-8-15(10-19(18)24-25-21(20)22-12-26)17-5-3-2-4-16(17)11-29(27)28/h2-5,8-10,12-14,29H,6-7,11H2,1H3,(H,23,24)(H,22,25,26)/t13-/m1/s1. The summed E-state index contributed by atoms with van der Waals surface area (Å²) in [5.41, 5.74) is 3.90. The van der Waals surface area contributed by atoms with E-state index in [-0.39, 0.29) is 11.8 Å². The first kappa shape index (κ1) is 19.3. The predicted molar refractivity (Wildman–Crippen MR) is 114 cm³/mol. The van der Waals surface area contributed by atoms with Crippen LogP contribution in [0, 0.1) is 5.92 Å². The van der Waals surface area contributed by atoms with Crippen LogP contribution in [0.1, 0.15) is 25.3 Å². The molecule has 8 heteroatoms. The third-order valence-electron chi connectivity index (χ3n) is 5.29. The summed E-state index contributed by atoms with van der Waals surface area (Å²) in [5, 5.41) is 15.4. The Labute approximate surface area is 170 Å². The van der Waals surface area contributed by atoms with E-state index in [4.69, 9.17) is 0 Å². The van der Waals surface area contributed by atoms with Gasteiger partial charge in [-0.15, -0.1) is 10.2 Å². The van der Waals surface area contributed by atoms with Crippen LogP contribution in [0.2, 0.25) is 0 Å². The van der Waals surface area contributed by atoms with E-state index in [1.165, 1.54) is 12.8 Å². The normalized spacial score (nSPS) is 14.7. The number of carbonyl (C=O) groups is 1. The van der Waals surface area contributed by atoms with Gasteiger partial charge >= 0.3 is 0 Å². The monoisotopic (exact) mass is 410 g/mol. The molecule has 1 fully saturated rings. The highest BCUT2D eigenvalue weighted by molar-refractivity contribution is 7.71. The number of anilines is 2. The van der Waals surface area contributed by atoms with Gasteiger partial charge in [0.1, 0.15) is 10.7 Å². The van der Waals surface area contributed by atoms with Crippen molar-refractivity contribution < 1.29 is 13.2 Å². The fourth-order valence-electron chi connectivity index (χ4n) is 3.60. The molecule has 1 atom stereocenters. The maximum absolute atomic E-state index is 11.2. The average molecular weight is 410 g/mol. The third-order valence-corrected chi connectivity index (χ3v) is 5.89. The number of amides is 1. The lowest BCUT2D eigenvalue weighted by atomic mass is 9.99.